The van der Waals surface area contributed by atoms with Crippen LogP contribution in [0.15, 0.2) is 85.5 Å². The molecule has 0 atom stereocenters. The molecule has 7 N–H and O–H groups in total. The van der Waals surface area contributed by atoms with Gasteiger partial charge in [0.1, 0.15) is 22.6 Å². The van der Waals surface area contributed by atoms with E-state index in [0.29, 0.717) is 70.2 Å². The number of halogens is 3. The minimum Gasteiger partial charge on any atom is -0.383 e. The van der Waals surface area contributed by atoms with Crippen LogP contribution in [0.1, 0.15) is 84.2 Å². The first-order chi connectivity index (χ1) is 31.4. The van der Waals surface area contributed by atoms with Gasteiger partial charge < -0.3 is 32.3 Å². The number of carbonyl (C=O) groups excluding carboxylic acids is 2. The van der Waals surface area contributed by atoms with E-state index < -0.39 is 0 Å². The van der Waals surface area contributed by atoms with E-state index in [-0.39, 0.29) is 16.7 Å². The smallest absolute Gasteiger partial charge is 0.166 e. The number of ketones is 2. The highest BCUT2D eigenvalue weighted by Gasteiger charge is 2.21. The second-order valence-electron chi connectivity index (χ2n) is 16.8. The summed E-state index contributed by atoms with van der Waals surface area (Å²) in [5.41, 5.74) is 20.4. The summed E-state index contributed by atoms with van der Waals surface area (Å²) in [7, 11) is 0. The molecule has 6 aromatic rings. The molecule has 12 nitrogen and oxygen atoms in total. The molecule has 344 valence electrons. The lowest BCUT2D eigenvalue weighted by atomic mass is 9.96. The van der Waals surface area contributed by atoms with Gasteiger partial charge in [-0.1, -0.05) is 85.0 Å². The number of fused-ring (bicyclic) bond motifs is 2. The van der Waals surface area contributed by atoms with Crippen LogP contribution in [0.25, 0.3) is 21.5 Å². The van der Waals surface area contributed by atoms with Crippen molar-refractivity contribution in [3.63, 3.8) is 0 Å². The number of anilines is 3. The van der Waals surface area contributed by atoms with Crippen molar-refractivity contribution in [2.45, 2.75) is 65.2 Å². The van der Waals surface area contributed by atoms with Gasteiger partial charge in [0.15, 0.2) is 11.6 Å². The van der Waals surface area contributed by atoms with E-state index in [1.807, 2.05) is 42.5 Å². The quantitative estimate of drug-likeness (QED) is 0.0600. The number of rotatable bonds is 14. The normalized spacial score (nSPS) is 14.9. The number of nitrogens with two attached hydrogens (primary N) is 3. The monoisotopic (exact) mass is 938 g/mol. The number of carbonyl (C=O) groups is 2. The third-order valence-corrected chi connectivity index (χ3v) is 13.2. The third kappa shape index (κ3) is 14.3. The number of aryl methyl sites for hydroxylation is 2. The highest BCUT2D eigenvalue weighted by Crippen LogP contribution is 2.26. The topological polar surface area (TPSA) is 182 Å². The lowest BCUT2D eigenvalue weighted by Crippen LogP contribution is -2.35. The van der Waals surface area contributed by atoms with E-state index in [1.165, 1.54) is 51.5 Å². The summed E-state index contributed by atoms with van der Waals surface area (Å²) in [6, 6.07) is 19.0. The Hall–Kier alpha value is -4.95. The summed E-state index contributed by atoms with van der Waals surface area (Å²) in [6.45, 7) is 13.3. The summed E-state index contributed by atoms with van der Waals surface area (Å²) in [4.78, 5) is 46.8. The maximum Gasteiger partial charge on any atom is 0.166 e. The Morgan fingerprint density at radius 3 is 1.63 bits per heavy atom. The summed E-state index contributed by atoms with van der Waals surface area (Å²) in [6.07, 6.45) is 13.3. The zero-order valence-electron chi connectivity index (χ0n) is 37.4. The van der Waals surface area contributed by atoms with Gasteiger partial charge >= 0.3 is 0 Å². The molecule has 8 rings (SSSR count). The number of likely N-dealkylation sites (tertiary alicyclic amines) is 2. The van der Waals surface area contributed by atoms with Crippen LogP contribution in [0.2, 0.25) is 15.2 Å². The number of aromatic nitrogens is 4. The van der Waals surface area contributed by atoms with Crippen LogP contribution in [0.3, 0.4) is 0 Å². The van der Waals surface area contributed by atoms with Gasteiger partial charge in [-0.15, -0.1) is 0 Å². The molecule has 0 bridgehead atoms. The second-order valence-corrected chi connectivity index (χ2v) is 18.0. The molecule has 0 aliphatic carbocycles. The van der Waals surface area contributed by atoms with Crippen molar-refractivity contribution in [1.82, 2.24) is 29.7 Å². The van der Waals surface area contributed by atoms with E-state index in [4.69, 9.17) is 52.0 Å². The Bertz CT molecular complexity index is 2510. The Labute approximate surface area is 397 Å². The van der Waals surface area contributed by atoms with Crippen LogP contribution >= 0.6 is 34.8 Å². The molecule has 2 aliphatic heterocycles. The molecular weight excluding hydrogens is 879 g/mol. The van der Waals surface area contributed by atoms with Crippen LogP contribution in [0, 0.1) is 11.8 Å². The van der Waals surface area contributed by atoms with Crippen molar-refractivity contribution in [1.29, 1.82) is 0 Å². The highest BCUT2D eigenvalue weighted by molar-refractivity contribution is 6.34. The van der Waals surface area contributed by atoms with Crippen LogP contribution in [0.5, 0.6) is 0 Å². The van der Waals surface area contributed by atoms with Gasteiger partial charge in [0, 0.05) is 54.9 Å². The van der Waals surface area contributed by atoms with Gasteiger partial charge in [0.05, 0.1) is 21.2 Å². The molecule has 0 unspecified atom stereocenters. The Balaban J connectivity index is 0.000000184. The summed E-state index contributed by atoms with van der Waals surface area (Å²) < 4.78 is 0. The molecule has 2 aromatic carbocycles. The van der Waals surface area contributed by atoms with Gasteiger partial charge in [0.2, 0.25) is 0 Å². The first kappa shape index (κ1) is 49.5. The Kier molecular flexibility index (Phi) is 18.7. The molecule has 2 saturated heterocycles. The Morgan fingerprint density at radius 2 is 1.12 bits per heavy atom. The molecule has 6 heterocycles. The summed E-state index contributed by atoms with van der Waals surface area (Å²) in [5, 5.41) is 8.34. The lowest BCUT2D eigenvalue weighted by molar-refractivity contribution is 0.0975. The number of nitrogens with zero attached hydrogens (tertiary/aromatic N) is 6. The molecule has 2 fully saturated rings. The maximum atomic E-state index is 13.1. The van der Waals surface area contributed by atoms with Gasteiger partial charge in [0.25, 0.3) is 0 Å². The van der Waals surface area contributed by atoms with E-state index in [1.54, 1.807) is 30.7 Å². The number of Topliss-reactive ketones (excluding diaryl/α,β-unsaturated/α-hetero) is 2. The van der Waals surface area contributed by atoms with Crippen LogP contribution < -0.4 is 22.5 Å². The lowest BCUT2D eigenvalue weighted by Gasteiger charge is -2.31. The molecule has 0 saturated carbocycles. The molecule has 0 radical (unpaired) electrons. The first-order valence-corrected chi connectivity index (χ1v) is 23.8. The summed E-state index contributed by atoms with van der Waals surface area (Å²) >= 11 is 18.0. The number of hydrogen-bond acceptors (Lipinski definition) is 12. The van der Waals surface area contributed by atoms with Crippen molar-refractivity contribution in [2.24, 2.45) is 17.6 Å². The zero-order valence-corrected chi connectivity index (χ0v) is 39.7. The first-order valence-electron chi connectivity index (χ1n) is 22.6. The van der Waals surface area contributed by atoms with Crippen molar-refractivity contribution >= 4 is 85.4 Å². The largest absolute Gasteiger partial charge is 0.383 e. The van der Waals surface area contributed by atoms with Crippen molar-refractivity contribution < 1.29 is 9.59 Å². The number of nitrogen functional groups attached to an aromatic ring is 2. The fourth-order valence-corrected chi connectivity index (χ4v) is 8.82. The fraction of sp³-hybridized carbons (Fsp3) is 0.400. The van der Waals surface area contributed by atoms with Crippen LogP contribution in [0.4, 0.5) is 17.5 Å². The predicted molar refractivity (Wildman–Crippen MR) is 268 cm³/mol. The van der Waals surface area contributed by atoms with Gasteiger partial charge in [-0.05, 0) is 142 Å². The van der Waals surface area contributed by atoms with E-state index >= 15 is 0 Å². The second kappa shape index (κ2) is 24.5. The third-order valence-electron chi connectivity index (χ3n) is 12.5. The molecule has 15 heteroatoms. The van der Waals surface area contributed by atoms with Crippen molar-refractivity contribution in [3.8, 4) is 0 Å². The number of piperidine rings is 2. The van der Waals surface area contributed by atoms with Gasteiger partial charge in [-0.2, -0.15) is 0 Å². The van der Waals surface area contributed by atoms with Gasteiger partial charge in [-0.3, -0.25) is 9.59 Å². The number of pyridine rings is 4. The number of hydrogen-bond donors (Lipinski definition) is 4. The SMILES string of the molecule is CCN1CCC(CN)CC1.CCN1CCC(CNc2ncc(Cl)cc2C(=O)CCc2ccc3c(N)nccc3c2)CC1.Nc1nccc2cc(CCC(=O)c3cc(Cl)cnc3Cl)ccc12. The highest BCUT2D eigenvalue weighted by atomic mass is 35.5. The van der Waals surface area contributed by atoms with Crippen molar-refractivity contribution in [3.05, 3.63) is 123 Å². The molecule has 0 spiro atoms. The average molecular weight is 940 g/mol. The van der Waals surface area contributed by atoms with E-state index in [9.17, 15) is 9.59 Å². The van der Waals surface area contributed by atoms with E-state index in [2.05, 4.69) is 55.0 Å². The zero-order chi connectivity index (χ0) is 46.3. The van der Waals surface area contributed by atoms with Crippen molar-refractivity contribution in [2.75, 3.05) is 69.1 Å². The average Bonchev–Trinajstić information content (AvgIpc) is 3.33. The number of nitrogens with one attached hydrogen (secondary N) is 1. The standard InChI is InChI=1S/C25H30ClN5O.C17H13Cl2N3O.C8H18N2/c1-2-31-11-8-18(9-12-31)15-29-25-22(14-20(26)16-30-25)23(32)6-4-17-3-5-21-19(13-17)7-10-28-24(21)27;18-12-8-14(16(19)22-9-12)15(23)4-2-10-1-3-13-11(7-10)5-6-21-17(13)20;1-2-10-5-3-8(7-9)4-6-10/h3,5,7,10,13-14,16,18H,2,4,6,8-9,11-12,15H2,1H3,(H2,27,28)(H,29,30);1,3,5-9H,2,4H2,(H2,20,21);8H,2-7,9H2,1H3. The minimum absolute atomic E-state index is 0.0395. The summed E-state index contributed by atoms with van der Waals surface area (Å²) in [5.74, 6) is 3.01. The molecule has 0 amide bonds. The van der Waals surface area contributed by atoms with E-state index in [0.717, 1.165) is 71.3 Å². The maximum absolute atomic E-state index is 13.1. The van der Waals surface area contributed by atoms with Crippen LogP contribution in [-0.2, 0) is 12.8 Å². The van der Waals surface area contributed by atoms with Gasteiger partial charge in [-0.25, -0.2) is 19.9 Å². The Morgan fingerprint density at radius 1 is 0.646 bits per heavy atom. The molecule has 2 aliphatic rings. The molecule has 4 aromatic heterocycles. The molecule has 65 heavy (non-hydrogen) atoms. The minimum atomic E-state index is -0.0839. The molecular formula is C50H61Cl3N10O2. The number of benzene rings is 2. The predicted octanol–water partition coefficient (Wildman–Crippen LogP) is 9.84. The van der Waals surface area contributed by atoms with Crippen LogP contribution in [-0.4, -0.2) is 93.7 Å². The fourth-order valence-electron chi connectivity index (χ4n) is 8.29.